The molecule has 2 rings (SSSR count). The van der Waals surface area contributed by atoms with E-state index >= 15 is 0 Å². The molecule has 0 spiro atoms. The van der Waals surface area contributed by atoms with Gasteiger partial charge in [-0.15, -0.1) is 24.8 Å². The number of halogens is 2. The first-order valence-corrected chi connectivity index (χ1v) is 5.88. The van der Waals surface area contributed by atoms with Crippen LogP contribution in [-0.2, 0) is 9.53 Å². The van der Waals surface area contributed by atoms with Gasteiger partial charge in [0.1, 0.15) is 11.4 Å². The van der Waals surface area contributed by atoms with E-state index in [2.05, 4.69) is 15.6 Å². The molecule has 1 unspecified atom stereocenters. The summed E-state index contributed by atoms with van der Waals surface area (Å²) in [5.41, 5.74) is 0.585. The van der Waals surface area contributed by atoms with Gasteiger partial charge in [0, 0.05) is 31.3 Å². The normalized spacial score (nSPS) is 17.4. The van der Waals surface area contributed by atoms with Gasteiger partial charge >= 0.3 is 0 Å². The van der Waals surface area contributed by atoms with E-state index in [4.69, 9.17) is 9.47 Å². The van der Waals surface area contributed by atoms with Crippen LogP contribution in [0, 0.1) is 0 Å². The van der Waals surface area contributed by atoms with Crippen LogP contribution >= 0.6 is 24.8 Å². The number of amides is 1. The van der Waals surface area contributed by atoms with E-state index in [9.17, 15) is 4.79 Å². The number of ether oxygens (including phenoxy) is 2. The lowest BCUT2D eigenvalue weighted by atomic mass is 10.2. The SMILES string of the molecule is COc1ccncc1NC(=O)CC1COCCN1.Cl.Cl. The first-order valence-electron chi connectivity index (χ1n) is 5.88. The lowest BCUT2D eigenvalue weighted by Gasteiger charge is -2.23. The fourth-order valence-corrected chi connectivity index (χ4v) is 1.83. The molecule has 1 atom stereocenters. The highest BCUT2D eigenvalue weighted by Crippen LogP contribution is 2.21. The second-order valence-corrected chi connectivity index (χ2v) is 4.05. The van der Waals surface area contributed by atoms with Crippen LogP contribution in [0.15, 0.2) is 18.5 Å². The lowest BCUT2D eigenvalue weighted by Crippen LogP contribution is -2.43. The molecule has 0 bridgehead atoms. The van der Waals surface area contributed by atoms with Crippen molar-refractivity contribution in [3.05, 3.63) is 18.5 Å². The number of anilines is 1. The van der Waals surface area contributed by atoms with Gasteiger partial charge in [-0.25, -0.2) is 0 Å². The quantitative estimate of drug-likeness (QED) is 0.872. The second kappa shape index (κ2) is 9.77. The lowest BCUT2D eigenvalue weighted by molar-refractivity contribution is -0.117. The number of hydrogen-bond acceptors (Lipinski definition) is 5. The van der Waals surface area contributed by atoms with E-state index in [0.29, 0.717) is 31.1 Å². The van der Waals surface area contributed by atoms with Crippen LogP contribution in [0.5, 0.6) is 5.75 Å². The fourth-order valence-electron chi connectivity index (χ4n) is 1.83. The second-order valence-electron chi connectivity index (χ2n) is 4.05. The smallest absolute Gasteiger partial charge is 0.226 e. The Morgan fingerprint density at radius 3 is 3.05 bits per heavy atom. The maximum Gasteiger partial charge on any atom is 0.226 e. The maximum atomic E-state index is 11.9. The van der Waals surface area contributed by atoms with Gasteiger partial charge in [-0.2, -0.15) is 0 Å². The number of nitrogens with zero attached hydrogens (tertiary/aromatic N) is 1. The van der Waals surface area contributed by atoms with Crippen molar-refractivity contribution in [1.29, 1.82) is 0 Å². The van der Waals surface area contributed by atoms with Crippen LogP contribution in [-0.4, -0.2) is 43.8 Å². The highest BCUT2D eigenvalue weighted by Gasteiger charge is 2.17. The molecule has 0 aliphatic carbocycles. The van der Waals surface area contributed by atoms with Gasteiger partial charge in [0.05, 0.1) is 26.5 Å². The monoisotopic (exact) mass is 323 g/mol. The van der Waals surface area contributed by atoms with Gasteiger partial charge in [-0.1, -0.05) is 0 Å². The number of aromatic nitrogens is 1. The minimum absolute atomic E-state index is 0. The number of carbonyl (C=O) groups is 1. The predicted octanol–water partition coefficient (Wildman–Crippen LogP) is 1.25. The molecule has 2 N–H and O–H groups in total. The Labute approximate surface area is 130 Å². The number of carbonyl (C=O) groups excluding carboxylic acids is 1. The highest BCUT2D eigenvalue weighted by molar-refractivity contribution is 5.92. The molecule has 8 heteroatoms. The van der Waals surface area contributed by atoms with E-state index in [0.717, 1.165) is 6.54 Å². The molecule has 1 saturated heterocycles. The summed E-state index contributed by atoms with van der Waals surface area (Å²) in [6.45, 7) is 2.06. The molecule has 20 heavy (non-hydrogen) atoms. The molecule has 6 nitrogen and oxygen atoms in total. The summed E-state index contributed by atoms with van der Waals surface area (Å²) in [4.78, 5) is 15.8. The summed E-state index contributed by atoms with van der Waals surface area (Å²) in [5, 5.41) is 6.02. The van der Waals surface area contributed by atoms with Crippen LogP contribution in [0.4, 0.5) is 5.69 Å². The molecule has 2 heterocycles. The van der Waals surface area contributed by atoms with Crippen molar-refractivity contribution >= 4 is 36.4 Å². The zero-order valence-corrected chi connectivity index (χ0v) is 12.8. The van der Waals surface area contributed by atoms with E-state index in [1.807, 2.05) is 0 Å². The number of rotatable bonds is 4. The Bertz CT molecular complexity index is 415. The first kappa shape index (κ1) is 18.9. The summed E-state index contributed by atoms with van der Waals surface area (Å²) >= 11 is 0. The third-order valence-electron chi connectivity index (χ3n) is 2.71. The summed E-state index contributed by atoms with van der Waals surface area (Å²) in [6.07, 6.45) is 3.56. The molecule has 1 aliphatic rings. The van der Waals surface area contributed by atoms with Gasteiger partial charge in [0.15, 0.2) is 0 Å². The highest BCUT2D eigenvalue weighted by atomic mass is 35.5. The molecule has 1 fully saturated rings. The maximum absolute atomic E-state index is 11.9. The van der Waals surface area contributed by atoms with Gasteiger partial charge in [0.25, 0.3) is 0 Å². The number of methoxy groups -OCH3 is 1. The molecule has 0 aromatic carbocycles. The van der Waals surface area contributed by atoms with Crippen molar-refractivity contribution in [2.45, 2.75) is 12.5 Å². The number of nitrogens with one attached hydrogen (secondary N) is 2. The van der Waals surface area contributed by atoms with Gasteiger partial charge in [-0.05, 0) is 0 Å². The summed E-state index contributed by atoms with van der Waals surface area (Å²) in [7, 11) is 1.56. The Morgan fingerprint density at radius 1 is 1.60 bits per heavy atom. The minimum Gasteiger partial charge on any atom is -0.494 e. The van der Waals surface area contributed by atoms with Crippen molar-refractivity contribution < 1.29 is 14.3 Å². The molecular weight excluding hydrogens is 305 g/mol. The molecule has 1 amide bonds. The van der Waals surface area contributed by atoms with Gasteiger partial charge < -0.3 is 20.1 Å². The predicted molar refractivity (Wildman–Crippen MR) is 81.1 cm³/mol. The average molecular weight is 324 g/mol. The Kier molecular flexibility index (Phi) is 9.24. The van der Waals surface area contributed by atoms with Crippen molar-refractivity contribution in [1.82, 2.24) is 10.3 Å². The topological polar surface area (TPSA) is 72.5 Å². The molecule has 1 aliphatic heterocycles. The van der Waals surface area contributed by atoms with Gasteiger partial charge in [0.2, 0.25) is 5.91 Å². The van der Waals surface area contributed by atoms with E-state index in [-0.39, 0.29) is 36.8 Å². The molecular formula is C12H19Cl2N3O3. The van der Waals surface area contributed by atoms with Crippen molar-refractivity contribution in [3.8, 4) is 5.75 Å². The number of hydrogen-bond donors (Lipinski definition) is 2. The van der Waals surface area contributed by atoms with Crippen LogP contribution in [0.2, 0.25) is 0 Å². The summed E-state index contributed by atoms with van der Waals surface area (Å²) in [5.74, 6) is 0.524. The average Bonchev–Trinajstić information content (AvgIpc) is 2.40. The first-order chi connectivity index (χ1) is 8.79. The molecule has 114 valence electrons. The molecule has 0 saturated carbocycles. The zero-order chi connectivity index (χ0) is 12.8. The van der Waals surface area contributed by atoms with E-state index in [1.165, 1.54) is 0 Å². The third-order valence-corrected chi connectivity index (χ3v) is 2.71. The summed E-state index contributed by atoms with van der Waals surface area (Å²) in [6, 6.07) is 1.78. The largest absolute Gasteiger partial charge is 0.494 e. The Morgan fingerprint density at radius 2 is 2.40 bits per heavy atom. The van der Waals surface area contributed by atoms with Crippen molar-refractivity contribution in [2.24, 2.45) is 0 Å². The van der Waals surface area contributed by atoms with Crippen molar-refractivity contribution in [2.75, 3.05) is 32.2 Å². The standard InChI is InChI=1S/C12H17N3O3.2ClH/c1-17-11-2-3-13-7-10(11)15-12(16)6-9-8-18-5-4-14-9;;/h2-3,7,9,14H,4-6,8H2,1H3,(H,15,16);2*1H. The van der Waals surface area contributed by atoms with Crippen molar-refractivity contribution in [3.63, 3.8) is 0 Å². The zero-order valence-electron chi connectivity index (χ0n) is 11.1. The Hall–Kier alpha value is -1.08. The minimum atomic E-state index is -0.0794. The van der Waals surface area contributed by atoms with Crippen LogP contribution in [0.1, 0.15) is 6.42 Å². The third kappa shape index (κ3) is 5.50. The molecule has 1 aromatic heterocycles. The molecule has 0 radical (unpaired) electrons. The van der Waals surface area contributed by atoms with Crippen LogP contribution < -0.4 is 15.4 Å². The van der Waals surface area contributed by atoms with Crippen LogP contribution in [0.25, 0.3) is 0 Å². The molecule has 1 aromatic rings. The number of morpholine rings is 1. The van der Waals surface area contributed by atoms with E-state index in [1.54, 1.807) is 25.6 Å². The van der Waals surface area contributed by atoms with E-state index < -0.39 is 0 Å². The fraction of sp³-hybridized carbons (Fsp3) is 0.500. The van der Waals surface area contributed by atoms with Gasteiger partial charge in [-0.3, -0.25) is 9.78 Å². The Balaban J connectivity index is 0.00000180. The van der Waals surface area contributed by atoms with Crippen LogP contribution in [0.3, 0.4) is 0 Å². The summed E-state index contributed by atoms with van der Waals surface area (Å²) < 4.78 is 10.4. The number of pyridine rings is 1.